The number of anilines is 6. The first-order valence-electron chi connectivity index (χ1n) is 21.2. The third-order valence-electron chi connectivity index (χ3n) is 13.9. The standard InChI is InChI=1S/C50H32B3N3O3S4/c1-23-13-34-44-39(15-23)58-47-26-9-5-7-11-42(26)62-49(47)52(44)28-19-30-36(21-32(28)54-34)56(61-4)37-14-24(2)16-40-46(37)51(30)31-20-29-33(22-38(31)57-40)55-35-17-25(60-3)18-41-45(35)53(29)50-48(59-41)27-10-6-8-12-43(27)63-50/h5-22,54-55H,1-4H3. The first kappa shape index (κ1) is 35.6. The molecule has 0 radical (unpaired) electrons. The van der Waals surface area contributed by atoms with Crippen LogP contribution in [0, 0.1) is 13.8 Å². The molecule has 0 amide bonds. The highest BCUT2D eigenvalue weighted by atomic mass is 32.2. The van der Waals surface area contributed by atoms with Crippen LogP contribution < -0.4 is 76.9 Å². The quantitative estimate of drug-likeness (QED) is 0.103. The molecule has 0 aliphatic carbocycles. The number of hydrogen-bond donors (Lipinski definition) is 2. The van der Waals surface area contributed by atoms with Crippen LogP contribution in [0.1, 0.15) is 11.1 Å². The van der Waals surface area contributed by atoms with Gasteiger partial charge in [-0.05, 0) is 148 Å². The largest absolute Gasteiger partial charge is 0.458 e. The normalized spacial score (nSPS) is 14.7. The van der Waals surface area contributed by atoms with Crippen LogP contribution in [0.4, 0.5) is 34.1 Å². The van der Waals surface area contributed by atoms with Crippen LogP contribution >= 0.6 is 46.4 Å². The first-order chi connectivity index (χ1) is 30.9. The summed E-state index contributed by atoms with van der Waals surface area (Å²) < 4.78 is 28.3. The Bertz CT molecular complexity index is 3630. The minimum Gasteiger partial charge on any atom is -0.458 e. The molecule has 6 aliphatic heterocycles. The van der Waals surface area contributed by atoms with E-state index in [1.807, 2.05) is 22.7 Å². The van der Waals surface area contributed by atoms with Crippen molar-refractivity contribution in [1.82, 2.24) is 0 Å². The molecule has 0 bridgehead atoms. The lowest BCUT2D eigenvalue weighted by molar-refractivity contribution is 0.487. The minimum absolute atomic E-state index is 0.00187. The molecule has 8 heterocycles. The van der Waals surface area contributed by atoms with Gasteiger partial charge in [0, 0.05) is 75.4 Å². The van der Waals surface area contributed by atoms with Gasteiger partial charge in [-0.15, -0.1) is 34.4 Å². The van der Waals surface area contributed by atoms with Gasteiger partial charge in [0.05, 0.1) is 5.69 Å². The second kappa shape index (κ2) is 12.4. The van der Waals surface area contributed by atoms with E-state index in [0.29, 0.717) is 0 Å². The Balaban J connectivity index is 0.987. The van der Waals surface area contributed by atoms with Crippen molar-refractivity contribution in [1.29, 1.82) is 0 Å². The van der Waals surface area contributed by atoms with Crippen molar-refractivity contribution in [3.8, 4) is 34.5 Å². The lowest BCUT2D eigenvalue weighted by atomic mass is 9.31. The average Bonchev–Trinajstić information content (AvgIpc) is 3.85. The number of aryl methyl sites for hydroxylation is 2. The zero-order chi connectivity index (χ0) is 41.6. The van der Waals surface area contributed by atoms with Crippen LogP contribution in [-0.2, 0) is 0 Å². The molecule has 63 heavy (non-hydrogen) atoms. The Kier molecular flexibility index (Phi) is 7.03. The lowest BCUT2D eigenvalue weighted by Gasteiger charge is -2.41. The summed E-state index contributed by atoms with van der Waals surface area (Å²) in [7, 11) is 0. The van der Waals surface area contributed by atoms with E-state index < -0.39 is 0 Å². The van der Waals surface area contributed by atoms with Crippen molar-refractivity contribution in [2.45, 2.75) is 18.7 Å². The van der Waals surface area contributed by atoms with E-state index >= 15 is 0 Å². The van der Waals surface area contributed by atoms with Crippen molar-refractivity contribution < 1.29 is 14.2 Å². The van der Waals surface area contributed by atoms with Crippen LogP contribution in [0.5, 0.6) is 34.5 Å². The molecule has 0 unspecified atom stereocenters. The van der Waals surface area contributed by atoms with Crippen molar-refractivity contribution >= 4 is 169 Å². The van der Waals surface area contributed by atoms with E-state index in [4.69, 9.17) is 14.2 Å². The summed E-state index contributed by atoms with van der Waals surface area (Å²) in [5.74, 6) is 5.65. The predicted octanol–water partition coefficient (Wildman–Crippen LogP) is 8.16. The van der Waals surface area contributed by atoms with Crippen molar-refractivity contribution in [3.63, 3.8) is 0 Å². The zero-order valence-corrected chi connectivity index (χ0v) is 37.7. The van der Waals surface area contributed by atoms with Crippen LogP contribution in [0.3, 0.4) is 0 Å². The molecule has 0 spiro atoms. The van der Waals surface area contributed by atoms with Gasteiger partial charge in [-0.25, -0.2) is 0 Å². The van der Waals surface area contributed by atoms with Gasteiger partial charge >= 0.3 is 0 Å². The molecule has 298 valence electrons. The van der Waals surface area contributed by atoms with E-state index in [1.54, 1.807) is 23.7 Å². The number of nitrogens with zero attached hydrogens (tertiary/aromatic N) is 1. The fourth-order valence-corrected chi connectivity index (χ4v) is 15.0. The van der Waals surface area contributed by atoms with Gasteiger partial charge in [0.2, 0.25) is 0 Å². The number of fused-ring (bicyclic) bond motifs is 16. The van der Waals surface area contributed by atoms with Gasteiger partial charge in [-0.1, -0.05) is 36.4 Å². The van der Waals surface area contributed by atoms with Crippen LogP contribution in [0.2, 0.25) is 0 Å². The average molecular weight is 884 g/mol. The minimum atomic E-state index is -0.0737. The monoisotopic (exact) mass is 883 g/mol. The second-order valence-electron chi connectivity index (χ2n) is 17.4. The molecule has 2 N–H and O–H groups in total. The molecule has 2 aromatic heterocycles. The smallest absolute Gasteiger partial charge is 0.268 e. The maximum atomic E-state index is 7.12. The first-order valence-corrected chi connectivity index (χ1v) is 25.3. The molecule has 13 heteroatoms. The lowest BCUT2D eigenvalue weighted by Crippen LogP contribution is -2.64. The molecule has 0 fully saturated rings. The van der Waals surface area contributed by atoms with E-state index in [-0.39, 0.29) is 20.1 Å². The molecular formula is C50H32B3N3O3S4. The van der Waals surface area contributed by atoms with Gasteiger partial charge in [0.25, 0.3) is 20.1 Å². The number of thiophene rings is 2. The van der Waals surface area contributed by atoms with E-state index in [2.05, 4.69) is 150 Å². The molecule has 0 saturated heterocycles. The number of hydrogen-bond acceptors (Lipinski definition) is 10. The van der Waals surface area contributed by atoms with Gasteiger partial charge in [-0.3, -0.25) is 4.31 Å². The summed E-state index contributed by atoms with van der Waals surface area (Å²) in [6.45, 7) is 4.28. The van der Waals surface area contributed by atoms with Crippen LogP contribution in [0.25, 0.3) is 20.2 Å². The predicted molar refractivity (Wildman–Crippen MR) is 274 cm³/mol. The highest BCUT2D eigenvalue weighted by molar-refractivity contribution is 8.00. The Morgan fingerprint density at radius 3 is 1.76 bits per heavy atom. The van der Waals surface area contributed by atoms with Gasteiger partial charge in [0.15, 0.2) is 0 Å². The maximum absolute atomic E-state index is 7.12. The highest BCUT2D eigenvalue weighted by Crippen LogP contribution is 2.46. The fourth-order valence-electron chi connectivity index (χ4n) is 11.4. The summed E-state index contributed by atoms with van der Waals surface area (Å²) in [5.41, 5.74) is 17.8. The molecule has 6 aliphatic rings. The third-order valence-corrected chi connectivity index (χ3v) is 17.8. The van der Waals surface area contributed by atoms with Crippen molar-refractivity contribution in [2.24, 2.45) is 0 Å². The highest BCUT2D eigenvalue weighted by Gasteiger charge is 2.48. The Morgan fingerprint density at radius 2 is 1.10 bits per heavy atom. The van der Waals surface area contributed by atoms with Gasteiger partial charge in [0.1, 0.15) is 34.5 Å². The summed E-state index contributed by atoms with van der Waals surface area (Å²) in [6.07, 6.45) is 4.31. The third kappa shape index (κ3) is 4.65. The van der Waals surface area contributed by atoms with Crippen LogP contribution in [0.15, 0.2) is 114 Å². The summed E-state index contributed by atoms with van der Waals surface area (Å²) >= 11 is 7.20. The SMILES string of the molecule is CSc1cc2c3c(c1)Oc1c(sc4ccccc14)B3c1cc3c(cc1N2)Oc1cc(C)cc2c1B3c1cc3c(cc1N2SC)Nc1cc(C)cc2c1B3c1sc3ccccc3c1O2. The van der Waals surface area contributed by atoms with Gasteiger partial charge < -0.3 is 24.8 Å². The Labute approximate surface area is 381 Å². The molecule has 0 atom stereocenters. The topological polar surface area (TPSA) is 55.0 Å². The van der Waals surface area contributed by atoms with Crippen molar-refractivity contribution in [3.05, 3.63) is 120 Å². The number of thioether (sulfide) groups is 1. The summed E-state index contributed by atoms with van der Waals surface area (Å²) in [5, 5.41) is 10.2. The number of benzene rings is 7. The fraction of sp³-hybridized carbons (Fsp3) is 0.0800. The van der Waals surface area contributed by atoms with Gasteiger partial charge in [-0.2, -0.15) is 0 Å². The number of ether oxygens (including phenoxy) is 3. The van der Waals surface area contributed by atoms with E-state index in [1.165, 1.54) is 95.4 Å². The molecule has 7 aromatic carbocycles. The zero-order valence-electron chi connectivity index (χ0n) is 34.4. The second-order valence-corrected chi connectivity index (χ2v) is 21.2. The molecule has 15 rings (SSSR count). The summed E-state index contributed by atoms with van der Waals surface area (Å²) in [6, 6.07) is 40.6. The molecule has 9 aromatic rings. The number of nitrogens with one attached hydrogen (secondary N) is 2. The van der Waals surface area contributed by atoms with Crippen LogP contribution in [-0.4, -0.2) is 32.6 Å². The van der Waals surface area contributed by atoms with E-state index in [0.717, 1.165) is 57.2 Å². The molecular weight excluding hydrogens is 851 g/mol. The Hall–Kier alpha value is -5.85. The maximum Gasteiger partial charge on any atom is 0.268 e. The van der Waals surface area contributed by atoms with E-state index in [9.17, 15) is 0 Å². The molecule has 0 saturated carbocycles. The molecule has 6 nitrogen and oxygen atoms in total. The summed E-state index contributed by atoms with van der Waals surface area (Å²) in [4.78, 5) is 1.17. The van der Waals surface area contributed by atoms with Crippen molar-refractivity contribution in [2.75, 3.05) is 27.5 Å². The Morgan fingerprint density at radius 1 is 0.508 bits per heavy atom. The number of rotatable bonds is 2.